The van der Waals surface area contributed by atoms with E-state index in [1.807, 2.05) is 24.3 Å². The van der Waals surface area contributed by atoms with Crippen LogP contribution in [0.5, 0.6) is 11.5 Å². The Morgan fingerprint density at radius 3 is 2.10 bits per heavy atom. The number of carbonyl (C=O) groups excluding carboxylic acids is 1. The lowest BCUT2D eigenvalue weighted by molar-refractivity contribution is -0.151. The summed E-state index contributed by atoms with van der Waals surface area (Å²) >= 11 is 0. The van der Waals surface area contributed by atoms with E-state index >= 15 is 0 Å². The van der Waals surface area contributed by atoms with Crippen LogP contribution in [0, 0.1) is 46.3 Å². The van der Waals surface area contributed by atoms with Crippen molar-refractivity contribution < 1.29 is 19.0 Å². The second kappa shape index (κ2) is 16.9. The molecule has 0 bridgehead atoms. The Hall–Kier alpha value is -2.75. The average molecular weight is 697 g/mol. The monoisotopic (exact) mass is 697 g/mol. The van der Waals surface area contributed by atoms with Gasteiger partial charge in [-0.05, 0) is 140 Å². The number of esters is 1. The zero-order valence-electron chi connectivity index (χ0n) is 32.9. The van der Waals surface area contributed by atoms with E-state index in [-0.39, 0.29) is 17.5 Å². The number of allylic oxidation sites excluding steroid dienone is 1. The van der Waals surface area contributed by atoms with Gasteiger partial charge in [-0.25, -0.2) is 0 Å². The first-order valence-corrected chi connectivity index (χ1v) is 21.0. The fraction of sp³-hybridized carbons (Fsp3) is 0.681. The number of hydrogen-bond donors (Lipinski definition) is 0. The van der Waals surface area contributed by atoms with Gasteiger partial charge in [-0.2, -0.15) is 0 Å². The van der Waals surface area contributed by atoms with Crippen molar-refractivity contribution in [1.29, 1.82) is 0 Å². The molecule has 3 fully saturated rings. The Morgan fingerprint density at radius 1 is 0.784 bits per heavy atom. The highest BCUT2D eigenvalue weighted by molar-refractivity contribution is 5.69. The summed E-state index contributed by atoms with van der Waals surface area (Å²) in [5.41, 5.74) is 4.70. The molecule has 0 heterocycles. The largest absolute Gasteiger partial charge is 0.494 e. The number of unbranched alkanes of at least 4 members (excludes halogenated alkanes) is 1. The Morgan fingerprint density at radius 2 is 1.45 bits per heavy atom. The van der Waals surface area contributed by atoms with Crippen molar-refractivity contribution in [3.8, 4) is 22.6 Å². The molecule has 4 heteroatoms. The molecule has 0 aliphatic heterocycles. The summed E-state index contributed by atoms with van der Waals surface area (Å²) in [4.78, 5) is 12.9. The molecule has 280 valence electrons. The van der Waals surface area contributed by atoms with Crippen molar-refractivity contribution in [2.45, 2.75) is 144 Å². The molecular formula is C47H68O4. The van der Waals surface area contributed by atoms with E-state index in [1.165, 1.54) is 51.4 Å². The molecule has 3 saturated carbocycles. The van der Waals surface area contributed by atoms with Crippen molar-refractivity contribution in [2.75, 3.05) is 13.2 Å². The Labute approximate surface area is 310 Å². The molecule has 2 aromatic carbocycles. The zero-order chi connectivity index (χ0) is 36.0. The highest BCUT2D eigenvalue weighted by Gasteiger charge is 2.59. The summed E-state index contributed by atoms with van der Waals surface area (Å²) in [6, 6.07) is 16.5. The maximum atomic E-state index is 12.9. The first-order chi connectivity index (χ1) is 24.6. The molecule has 0 unspecified atom stereocenters. The lowest BCUT2D eigenvalue weighted by Gasteiger charge is -2.58. The molecule has 4 nitrogen and oxygen atoms in total. The summed E-state index contributed by atoms with van der Waals surface area (Å²) in [6.07, 6.45) is 20.1. The van der Waals surface area contributed by atoms with Crippen molar-refractivity contribution >= 4 is 5.97 Å². The highest BCUT2D eigenvalue weighted by Crippen LogP contribution is 2.67. The summed E-state index contributed by atoms with van der Waals surface area (Å²) in [5, 5.41) is 0. The minimum Gasteiger partial charge on any atom is -0.494 e. The van der Waals surface area contributed by atoms with Gasteiger partial charge in [0.05, 0.1) is 13.2 Å². The zero-order valence-corrected chi connectivity index (χ0v) is 32.9. The Balaban J connectivity index is 0.934. The minimum absolute atomic E-state index is 0.0233. The van der Waals surface area contributed by atoms with E-state index in [0.29, 0.717) is 24.9 Å². The van der Waals surface area contributed by atoms with E-state index in [9.17, 15) is 4.79 Å². The molecule has 0 saturated heterocycles. The van der Waals surface area contributed by atoms with Crippen LogP contribution in [-0.2, 0) is 9.53 Å². The second-order valence-electron chi connectivity index (χ2n) is 17.8. The quantitative estimate of drug-likeness (QED) is 0.0995. The third kappa shape index (κ3) is 8.73. The smallest absolute Gasteiger partial charge is 0.306 e. The predicted octanol–water partition coefficient (Wildman–Crippen LogP) is 12.6. The Kier molecular flexibility index (Phi) is 12.6. The van der Waals surface area contributed by atoms with E-state index in [1.54, 1.807) is 5.57 Å². The lowest BCUT2D eigenvalue weighted by atomic mass is 9.47. The minimum atomic E-state index is -0.0769. The molecule has 0 spiro atoms. The van der Waals surface area contributed by atoms with Crippen LogP contribution in [0.3, 0.4) is 0 Å². The molecule has 2 aromatic rings. The molecular weight excluding hydrogens is 629 g/mol. The summed E-state index contributed by atoms with van der Waals surface area (Å²) < 4.78 is 17.9. The fourth-order valence-electron chi connectivity index (χ4n) is 11.2. The van der Waals surface area contributed by atoms with E-state index in [2.05, 4.69) is 71.9 Å². The molecule has 4 aliphatic carbocycles. The third-order valence-electron chi connectivity index (χ3n) is 14.2. The topological polar surface area (TPSA) is 44.8 Å². The van der Waals surface area contributed by atoms with Crippen LogP contribution in [0.15, 0.2) is 60.2 Å². The van der Waals surface area contributed by atoms with Gasteiger partial charge in [0.2, 0.25) is 0 Å². The van der Waals surface area contributed by atoms with Crippen LogP contribution >= 0.6 is 0 Å². The number of benzene rings is 2. The van der Waals surface area contributed by atoms with Crippen molar-refractivity contribution in [1.82, 2.24) is 0 Å². The highest BCUT2D eigenvalue weighted by atomic mass is 16.5. The van der Waals surface area contributed by atoms with E-state index in [0.717, 1.165) is 96.8 Å². The SMILES string of the molecule is CCCCOc1ccc(-c2ccc(OCCCC(=O)O[C@H]3CC[C@@]4(C)C(=CC[C@H]5[C@@H]6CC[C@H]([C@H](C)CCCC(C)C)[C@@]6(C)CC[C@@H]54)C3)cc2)cc1. The number of rotatable bonds is 16. The summed E-state index contributed by atoms with van der Waals surface area (Å²) in [6.45, 7) is 16.0. The maximum absolute atomic E-state index is 12.9. The van der Waals surface area contributed by atoms with Crippen molar-refractivity contribution in [3.05, 3.63) is 60.2 Å². The fourth-order valence-corrected chi connectivity index (χ4v) is 11.2. The standard InChI is InChI=1S/C47H68O4/c1-7-8-30-49-38-19-14-35(15-20-38)36-16-21-39(22-17-36)50-31-10-13-45(48)51-40-26-28-46(5)37(32-40)18-23-41-43-25-24-42(34(4)12-9-11-33(2)3)47(43,6)29-27-44(41)46/h14-22,33-34,40-44H,7-13,23-32H2,1-6H3/t34-,40+,41+,42-,43+,44+,46+,47-/m1/s1. The molecule has 8 atom stereocenters. The number of carbonyl (C=O) groups is 1. The van der Waals surface area contributed by atoms with Gasteiger partial charge in [0.15, 0.2) is 0 Å². The number of ether oxygens (including phenoxy) is 3. The van der Waals surface area contributed by atoms with Crippen LogP contribution in [0.2, 0.25) is 0 Å². The van der Waals surface area contributed by atoms with Crippen LogP contribution < -0.4 is 9.47 Å². The van der Waals surface area contributed by atoms with Gasteiger partial charge in [-0.15, -0.1) is 0 Å². The predicted molar refractivity (Wildman–Crippen MR) is 210 cm³/mol. The van der Waals surface area contributed by atoms with Crippen LogP contribution in [0.25, 0.3) is 11.1 Å². The number of fused-ring (bicyclic) bond motifs is 5. The molecule has 0 N–H and O–H groups in total. The van der Waals surface area contributed by atoms with E-state index < -0.39 is 0 Å². The van der Waals surface area contributed by atoms with Gasteiger partial charge in [0, 0.05) is 12.8 Å². The van der Waals surface area contributed by atoms with Gasteiger partial charge in [-0.3, -0.25) is 4.79 Å². The van der Waals surface area contributed by atoms with Crippen LogP contribution in [0.1, 0.15) is 138 Å². The first-order valence-electron chi connectivity index (χ1n) is 21.0. The van der Waals surface area contributed by atoms with Crippen molar-refractivity contribution in [3.63, 3.8) is 0 Å². The second-order valence-corrected chi connectivity index (χ2v) is 17.8. The molecule has 6 rings (SSSR count). The molecule has 0 aromatic heterocycles. The average Bonchev–Trinajstić information content (AvgIpc) is 3.48. The van der Waals surface area contributed by atoms with Crippen LogP contribution in [0.4, 0.5) is 0 Å². The molecule has 4 aliphatic rings. The third-order valence-corrected chi connectivity index (χ3v) is 14.2. The normalized spacial score (nSPS) is 30.5. The van der Waals surface area contributed by atoms with Gasteiger partial charge in [-0.1, -0.05) is 103 Å². The summed E-state index contributed by atoms with van der Waals surface area (Å²) in [5.74, 6) is 6.76. The number of hydrogen-bond acceptors (Lipinski definition) is 4. The van der Waals surface area contributed by atoms with Crippen LogP contribution in [-0.4, -0.2) is 25.3 Å². The van der Waals surface area contributed by atoms with Gasteiger partial charge < -0.3 is 14.2 Å². The van der Waals surface area contributed by atoms with Gasteiger partial charge >= 0.3 is 5.97 Å². The first kappa shape index (κ1) is 38.0. The lowest BCUT2D eigenvalue weighted by Crippen LogP contribution is -2.51. The molecule has 51 heavy (non-hydrogen) atoms. The molecule has 0 radical (unpaired) electrons. The maximum Gasteiger partial charge on any atom is 0.306 e. The van der Waals surface area contributed by atoms with Gasteiger partial charge in [0.1, 0.15) is 17.6 Å². The summed E-state index contributed by atoms with van der Waals surface area (Å²) in [7, 11) is 0. The van der Waals surface area contributed by atoms with Crippen molar-refractivity contribution in [2.24, 2.45) is 46.3 Å². The molecule has 0 amide bonds. The Bertz CT molecular complexity index is 1440. The van der Waals surface area contributed by atoms with E-state index in [4.69, 9.17) is 14.2 Å². The van der Waals surface area contributed by atoms with Gasteiger partial charge in [0.25, 0.3) is 0 Å².